The van der Waals surface area contributed by atoms with Crippen molar-refractivity contribution in [1.82, 2.24) is 20.1 Å². The summed E-state index contributed by atoms with van der Waals surface area (Å²) in [4.78, 5) is 33.8. The molecule has 2 fully saturated rings. The van der Waals surface area contributed by atoms with Crippen molar-refractivity contribution >= 4 is 23.6 Å². The number of likely N-dealkylation sites (tertiary alicyclic amines) is 2. The van der Waals surface area contributed by atoms with Gasteiger partial charge in [-0.05, 0) is 57.8 Å². The average Bonchev–Trinajstić information content (AvgIpc) is 3.33. The molecular formula is C19H28N4O2S. The number of thioether (sulfide) groups is 1. The Hall–Kier alpha value is -1.60. The lowest BCUT2D eigenvalue weighted by Crippen LogP contribution is -2.34. The van der Waals surface area contributed by atoms with Gasteiger partial charge in [-0.1, -0.05) is 11.8 Å². The van der Waals surface area contributed by atoms with Gasteiger partial charge in [-0.15, -0.1) is 0 Å². The third-order valence-electron chi connectivity index (χ3n) is 5.12. The van der Waals surface area contributed by atoms with Gasteiger partial charge in [-0.3, -0.25) is 9.59 Å². The maximum atomic E-state index is 13.0. The molecule has 142 valence electrons. The Labute approximate surface area is 159 Å². The van der Waals surface area contributed by atoms with Crippen molar-refractivity contribution in [2.24, 2.45) is 5.92 Å². The molecule has 2 unspecified atom stereocenters. The van der Waals surface area contributed by atoms with Gasteiger partial charge in [0.05, 0.1) is 10.8 Å². The van der Waals surface area contributed by atoms with Crippen LogP contribution in [0.3, 0.4) is 0 Å². The molecule has 0 aliphatic carbocycles. The second-order valence-electron chi connectivity index (χ2n) is 7.11. The minimum atomic E-state index is -0.231. The fraction of sp³-hybridized carbons (Fsp3) is 0.632. The molecular weight excluding hydrogens is 348 g/mol. The molecule has 2 aliphatic rings. The average molecular weight is 377 g/mol. The van der Waals surface area contributed by atoms with Crippen molar-refractivity contribution in [2.75, 3.05) is 39.8 Å². The zero-order valence-electron chi connectivity index (χ0n) is 15.6. The van der Waals surface area contributed by atoms with Crippen molar-refractivity contribution in [2.45, 2.75) is 36.5 Å². The molecule has 7 heteroatoms. The molecule has 0 aromatic carbocycles. The molecule has 3 rings (SSSR count). The van der Waals surface area contributed by atoms with E-state index in [2.05, 4.69) is 10.3 Å². The summed E-state index contributed by atoms with van der Waals surface area (Å²) in [5.41, 5.74) is 0.615. The second kappa shape index (κ2) is 8.86. The SMILES string of the molecule is CNCC1CCN(C(=O)c2cccnc2SC(C)C(=O)N2CCCC2)C1. The topological polar surface area (TPSA) is 65.5 Å². The van der Waals surface area contributed by atoms with Crippen LogP contribution in [0.15, 0.2) is 23.4 Å². The minimum absolute atomic E-state index is 0.0278. The van der Waals surface area contributed by atoms with Crippen LogP contribution in [0.5, 0.6) is 0 Å². The quantitative estimate of drug-likeness (QED) is 0.768. The number of rotatable bonds is 6. The summed E-state index contributed by atoms with van der Waals surface area (Å²) in [6.07, 6.45) is 4.89. The minimum Gasteiger partial charge on any atom is -0.342 e. The van der Waals surface area contributed by atoms with Crippen LogP contribution in [0.4, 0.5) is 0 Å². The predicted octanol–water partition coefficient (Wildman–Crippen LogP) is 1.87. The Bertz CT molecular complexity index is 648. The molecule has 0 bridgehead atoms. The normalized spacial score (nSPS) is 21.2. The molecule has 2 atom stereocenters. The molecule has 0 spiro atoms. The first kappa shape index (κ1) is 19.2. The summed E-state index contributed by atoms with van der Waals surface area (Å²) >= 11 is 1.40. The van der Waals surface area contributed by atoms with Gasteiger partial charge in [0, 0.05) is 32.4 Å². The van der Waals surface area contributed by atoms with E-state index in [4.69, 9.17) is 0 Å². The van der Waals surface area contributed by atoms with E-state index in [1.54, 1.807) is 12.3 Å². The van der Waals surface area contributed by atoms with Gasteiger partial charge in [0.25, 0.3) is 5.91 Å². The Morgan fingerprint density at radius 1 is 1.31 bits per heavy atom. The molecule has 1 N–H and O–H groups in total. The molecule has 0 radical (unpaired) electrons. The molecule has 2 amide bonds. The van der Waals surface area contributed by atoms with Gasteiger partial charge < -0.3 is 15.1 Å². The highest BCUT2D eigenvalue weighted by molar-refractivity contribution is 8.00. The second-order valence-corrected chi connectivity index (χ2v) is 8.44. The van der Waals surface area contributed by atoms with E-state index in [0.717, 1.165) is 52.0 Å². The van der Waals surface area contributed by atoms with E-state index in [0.29, 0.717) is 16.5 Å². The highest BCUT2D eigenvalue weighted by Gasteiger charge is 2.30. The lowest BCUT2D eigenvalue weighted by Gasteiger charge is -2.21. The number of nitrogens with one attached hydrogen (secondary N) is 1. The molecule has 2 aliphatic heterocycles. The van der Waals surface area contributed by atoms with Gasteiger partial charge >= 0.3 is 0 Å². The van der Waals surface area contributed by atoms with Crippen LogP contribution < -0.4 is 5.32 Å². The summed E-state index contributed by atoms with van der Waals surface area (Å²) in [7, 11) is 1.94. The number of aromatic nitrogens is 1. The van der Waals surface area contributed by atoms with Gasteiger partial charge in [-0.25, -0.2) is 4.98 Å². The first-order valence-electron chi connectivity index (χ1n) is 9.44. The van der Waals surface area contributed by atoms with E-state index in [-0.39, 0.29) is 17.1 Å². The highest BCUT2D eigenvalue weighted by Crippen LogP contribution is 2.29. The summed E-state index contributed by atoms with van der Waals surface area (Å²) < 4.78 is 0. The molecule has 3 heterocycles. The van der Waals surface area contributed by atoms with Crippen LogP contribution in [0, 0.1) is 5.92 Å². The molecule has 26 heavy (non-hydrogen) atoms. The maximum Gasteiger partial charge on any atom is 0.256 e. The third-order valence-corrected chi connectivity index (χ3v) is 6.23. The van der Waals surface area contributed by atoms with Crippen molar-refractivity contribution in [3.05, 3.63) is 23.9 Å². The fourth-order valence-corrected chi connectivity index (χ4v) is 4.69. The van der Waals surface area contributed by atoms with Crippen LogP contribution in [0.25, 0.3) is 0 Å². The summed E-state index contributed by atoms with van der Waals surface area (Å²) in [5.74, 6) is 0.680. The van der Waals surface area contributed by atoms with Crippen LogP contribution in [0.1, 0.15) is 36.5 Å². The zero-order chi connectivity index (χ0) is 18.5. The zero-order valence-corrected chi connectivity index (χ0v) is 16.4. The van der Waals surface area contributed by atoms with Crippen molar-refractivity contribution in [1.29, 1.82) is 0 Å². The number of carbonyl (C=O) groups excluding carboxylic acids is 2. The van der Waals surface area contributed by atoms with E-state index in [1.165, 1.54) is 11.8 Å². The van der Waals surface area contributed by atoms with Crippen LogP contribution in [-0.2, 0) is 4.79 Å². The highest BCUT2D eigenvalue weighted by atomic mass is 32.2. The van der Waals surface area contributed by atoms with Gasteiger partial charge in [0.2, 0.25) is 5.91 Å². The smallest absolute Gasteiger partial charge is 0.256 e. The molecule has 2 saturated heterocycles. The number of hydrogen-bond donors (Lipinski definition) is 1. The van der Waals surface area contributed by atoms with E-state index >= 15 is 0 Å². The number of hydrogen-bond acceptors (Lipinski definition) is 5. The first-order chi connectivity index (χ1) is 12.6. The molecule has 6 nitrogen and oxygen atoms in total. The Kier molecular flexibility index (Phi) is 6.53. The van der Waals surface area contributed by atoms with Crippen LogP contribution in [-0.4, -0.2) is 71.6 Å². The van der Waals surface area contributed by atoms with Crippen LogP contribution >= 0.6 is 11.8 Å². The third kappa shape index (κ3) is 4.38. The fourth-order valence-electron chi connectivity index (χ4n) is 3.70. The van der Waals surface area contributed by atoms with E-state index in [9.17, 15) is 9.59 Å². The number of nitrogens with zero attached hydrogens (tertiary/aromatic N) is 3. The molecule has 1 aromatic heterocycles. The number of amides is 2. The summed E-state index contributed by atoms with van der Waals surface area (Å²) in [5, 5.41) is 3.62. The van der Waals surface area contributed by atoms with Crippen molar-refractivity contribution in [3.63, 3.8) is 0 Å². The standard InChI is InChI=1S/C19H28N4O2S/c1-14(18(24)22-9-3-4-10-22)26-17-16(6-5-8-21-17)19(25)23-11-7-15(13-23)12-20-2/h5-6,8,14-15,20H,3-4,7,9-13H2,1-2H3. The maximum absolute atomic E-state index is 13.0. The van der Waals surface area contributed by atoms with E-state index in [1.807, 2.05) is 29.8 Å². The van der Waals surface area contributed by atoms with Gasteiger partial charge in [0.1, 0.15) is 5.03 Å². The molecule has 1 aromatic rings. The van der Waals surface area contributed by atoms with Gasteiger partial charge in [0.15, 0.2) is 0 Å². The Morgan fingerprint density at radius 2 is 2.08 bits per heavy atom. The first-order valence-corrected chi connectivity index (χ1v) is 10.3. The summed E-state index contributed by atoms with van der Waals surface area (Å²) in [6.45, 7) is 6.09. The largest absolute Gasteiger partial charge is 0.342 e. The lowest BCUT2D eigenvalue weighted by atomic mass is 10.1. The Balaban J connectivity index is 1.67. The number of pyridine rings is 1. The van der Waals surface area contributed by atoms with Crippen molar-refractivity contribution in [3.8, 4) is 0 Å². The van der Waals surface area contributed by atoms with Crippen LogP contribution in [0.2, 0.25) is 0 Å². The number of carbonyl (C=O) groups is 2. The Morgan fingerprint density at radius 3 is 2.81 bits per heavy atom. The monoisotopic (exact) mass is 376 g/mol. The van der Waals surface area contributed by atoms with Crippen molar-refractivity contribution < 1.29 is 9.59 Å². The van der Waals surface area contributed by atoms with Gasteiger partial charge in [-0.2, -0.15) is 0 Å². The summed E-state index contributed by atoms with van der Waals surface area (Å²) in [6, 6.07) is 3.63. The predicted molar refractivity (Wildman–Crippen MR) is 103 cm³/mol. The lowest BCUT2D eigenvalue weighted by molar-refractivity contribution is -0.129. The molecule has 0 saturated carbocycles. The van der Waals surface area contributed by atoms with E-state index < -0.39 is 0 Å².